The number of piperidine rings is 1. The van der Waals surface area contributed by atoms with Crippen molar-refractivity contribution >= 4 is 5.91 Å². The molecule has 4 heterocycles. The van der Waals surface area contributed by atoms with Crippen LogP contribution in [-0.4, -0.2) is 73.7 Å². The summed E-state index contributed by atoms with van der Waals surface area (Å²) in [6, 6.07) is 0.270. The molecule has 7 unspecified atom stereocenters. The Hall–Kier alpha value is -0.940. The maximum atomic E-state index is 13.8. The first-order chi connectivity index (χ1) is 16.7. The molecule has 5 rings (SSSR count). The van der Waals surface area contributed by atoms with Crippen LogP contribution in [0.4, 0.5) is 13.2 Å². The van der Waals surface area contributed by atoms with Gasteiger partial charge in [0.15, 0.2) is 0 Å². The number of fused-ring (bicyclic) bond motifs is 1. The van der Waals surface area contributed by atoms with E-state index in [2.05, 4.69) is 35.0 Å². The van der Waals surface area contributed by atoms with Crippen molar-refractivity contribution in [3.8, 4) is 0 Å². The molecule has 4 saturated heterocycles. The minimum Gasteiger partial charge on any atom is -0.381 e. The molecule has 10 heteroatoms. The van der Waals surface area contributed by atoms with E-state index in [-0.39, 0.29) is 37.2 Å². The number of rotatable bonds is 5. The molecule has 1 amide bonds. The van der Waals surface area contributed by atoms with Crippen molar-refractivity contribution in [1.29, 1.82) is 0 Å². The lowest BCUT2D eigenvalue weighted by molar-refractivity contribution is -0.198. The lowest BCUT2D eigenvalue weighted by Gasteiger charge is -2.46. The van der Waals surface area contributed by atoms with Gasteiger partial charge in [-0.3, -0.25) is 15.0 Å². The Balaban J connectivity index is 1.33. The summed E-state index contributed by atoms with van der Waals surface area (Å²) < 4.78 is 47.0. The second-order valence-corrected chi connectivity index (χ2v) is 11.8. The number of carbonyl (C=O) groups is 1. The Labute approximate surface area is 206 Å². The smallest absolute Gasteiger partial charge is 0.381 e. The van der Waals surface area contributed by atoms with Crippen LogP contribution < -0.4 is 16.2 Å². The van der Waals surface area contributed by atoms with E-state index >= 15 is 0 Å². The Morgan fingerprint density at radius 2 is 1.91 bits per heavy atom. The van der Waals surface area contributed by atoms with Crippen molar-refractivity contribution < 1.29 is 22.7 Å². The summed E-state index contributed by atoms with van der Waals surface area (Å²) in [4.78, 5) is 17.5. The van der Waals surface area contributed by atoms with E-state index in [9.17, 15) is 18.0 Å². The van der Waals surface area contributed by atoms with E-state index in [1.54, 1.807) is 0 Å². The summed E-state index contributed by atoms with van der Waals surface area (Å²) in [5, 5.41) is 3.78. The van der Waals surface area contributed by atoms with E-state index in [1.165, 1.54) is 0 Å². The normalized spacial score (nSPS) is 40.8. The van der Waals surface area contributed by atoms with Gasteiger partial charge in [0, 0.05) is 31.7 Å². The molecule has 5 fully saturated rings. The highest BCUT2D eigenvalue weighted by molar-refractivity contribution is 5.82. The largest absolute Gasteiger partial charge is 0.392 e. The maximum Gasteiger partial charge on any atom is 0.392 e. The number of likely N-dealkylation sites (tertiary alicyclic amines) is 1. The molecule has 0 bridgehead atoms. The number of halogens is 3. The van der Waals surface area contributed by atoms with Gasteiger partial charge in [-0.1, -0.05) is 13.3 Å². The predicted octanol–water partition coefficient (Wildman–Crippen LogP) is 2.89. The average Bonchev–Trinajstić information content (AvgIpc) is 3.41. The van der Waals surface area contributed by atoms with Crippen LogP contribution >= 0.6 is 0 Å². The van der Waals surface area contributed by atoms with E-state index in [1.807, 2.05) is 4.90 Å². The van der Waals surface area contributed by atoms with Crippen LogP contribution in [0.2, 0.25) is 0 Å². The highest BCUT2D eigenvalue weighted by Crippen LogP contribution is 2.49. The fourth-order valence-corrected chi connectivity index (χ4v) is 7.56. The number of hydrazine groups is 1. The van der Waals surface area contributed by atoms with Crippen LogP contribution in [0, 0.1) is 35.5 Å². The Bertz CT molecular complexity index is 749. The Morgan fingerprint density at radius 1 is 1.14 bits per heavy atom. The molecule has 0 aromatic heterocycles. The maximum absolute atomic E-state index is 13.8. The lowest BCUT2D eigenvalue weighted by Crippen LogP contribution is -2.58. The monoisotopic (exact) mass is 501 g/mol. The van der Waals surface area contributed by atoms with Crippen molar-refractivity contribution in [3.63, 3.8) is 0 Å². The number of ether oxygens (including phenoxy) is 1. The third-order valence-corrected chi connectivity index (χ3v) is 9.72. The SMILES string of the molecule is C[C@H](CC1NNCN1C)C1CC(C2CCOCC2)NC(N2CC3C(CCCC3C(F)(F)F)C2=O)C1. The fourth-order valence-electron chi connectivity index (χ4n) is 7.56. The van der Waals surface area contributed by atoms with Gasteiger partial charge in [-0.05, 0) is 75.7 Å². The molecule has 1 saturated carbocycles. The van der Waals surface area contributed by atoms with Crippen molar-refractivity contribution in [3.05, 3.63) is 0 Å². The van der Waals surface area contributed by atoms with Crippen LogP contribution in [0.1, 0.15) is 58.3 Å². The second-order valence-electron chi connectivity index (χ2n) is 11.8. The summed E-state index contributed by atoms with van der Waals surface area (Å²) in [7, 11) is 2.10. The summed E-state index contributed by atoms with van der Waals surface area (Å²) in [5.74, 6) is -1.14. The van der Waals surface area contributed by atoms with E-state index in [0.29, 0.717) is 30.6 Å². The molecule has 0 spiro atoms. The Kier molecular flexibility index (Phi) is 7.66. The van der Waals surface area contributed by atoms with Gasteiger partial charge in [0.25, 0.3) is 0 Å². The van der Waals surface area contributed by atoms with Gasteiger partial charge in [-0.25, -0.2) is 10.9 Å². The number of hydrogen-bond acceptors (Lipinski definition) is 6. The van der Waals surface area contributed by atoms with Gasteiger partial charge < -0.3 is 9.64 Å². The highest BCUT2D eigenvalue weighted by Gasteiger charge is 2.56. The van der Waals surface area contributed by atoms with Gasteiger partial charge in [0.1, 0.15) is 0 Å². The first-order valence-electron chi connectivity index (χ1n) is 13.6. The zero-order valence-corrected chi connectivity index (χ0v) is 21.0. The van der Waals surface area contributed by atoms with Crippen LogP contribution in [0.3, 0.4) is 0 Å². The van der Waals surface area contributed by atoms with Gasteiger partial charge >= 0.3 is 6.18 Å². The van der Waals surface area contributed by atoms with E-state index in [4.69, 9.17) is 4.74 Å². The number of alkyl halides is 3. The van der Waals surface area contributed by atoms with Crippen molar-refractivity contribution in [2.24, 2.45) is 35.5 Å². The van der Waals surface area contributed by atoms with Crippen molar-refractivity contribution in [2.75, 3.05) is 33.5 Å². The summed E-state index contributed by atoms with van der Waals surface area (Å²) >= 11 is 0. The van der Waals surface area contributed by atoms with Crippen LogP contribution in [0.15, 0.2) is 0 Å². The minimum atomic E-state index is -4.23. The van der Waals surface area contributed by atoms with Crippen molar-refractivity contribution in [1.82, 2.24) is 26.0 Å². The lowest BCUT2D eigenvalue weighted by atomic mass is 9.73. The molecule has 200 valence electrons. The number of nitrogens with one attached hydrogen (secondary N) is 3. The van der Waals surface area contributed by atoms with Gasteiger partial charge in [-0.15, -0.1) is 0 Å². The van der Waals surface area contributed by atoms with E-state index in [0.717, 1.165) is 52.0 Å². The molecule has 5 aliphatic rings. The summed E-state index contributed by atoms with van der Waals surface area (Å²) in [6.07, 6.45) is 1.95. The highest BCUT2D eigenvalue weighted by atomic mass is 19.4. The van der Waals surface area contributed by atoms with Gasteiger partial charge in [0.05, 0.1) is 24.9 Å². The molecular formula is C25H42F3N5O2. The molecule has 4 aliphatic heterocycles. The van der Waals surface area contributed by atoms with Crippen molar-refractivity contribution in [2.45, 2.75) is 82.8 Å². The zero-order chi connectivity index (χ0) is 24.7. The summed E-state index contributed by atoms with van der Waals surface area (Å²) in [6.45, 7) is 4.87. The standard InChI is InChI=1S/C25H42F3N5O2/c1-15(10-23-31-29-14-32(23)2)17-11-21(16-6-8-35-9-7-16)30-22(12-17)33-13-19-18(24(33)34)4-3-5-20(19)25(26,27)28/h15-23,29-31H,3-14H2,1-2H3/t15-,17?,18?,19?,20?,21?,22?,23?/m1/s1. The summed E-state index contributed by atoms with van der Waals surface area (Å²) in [5.41, 5.74) is 6.55. The second kappa shape index (κ2) is 10.4. The molecule has 8 atom stereocenters. The van der Waals surface area contributed by atoms with Gasteiger partial charge in [0.2, 0.25) is 5.91 Å². The van der Waals surface area contributed by atoms with Crippen LogP contribution in [-0.2, 0) is 9.53 Å². The van der Waals surface area contributed by atoms with E-state index < -0.39 is 23.9 Å². The van der Waals surface area contributed by atoms with Crippen LogP contribution in [0.5, 0.6) is 0 Å². The quantitative estimate of drug-likeness (QED) is 0.538. The van der Waals surface area contributed by atoms with Gasteiger partial charge in [-0.2, -0.15) is 13.2 Å². The van der Waals surface area contributed by atoms with Crippen LogP contribution in [0.25, 0.3) is 0 Å². The first kappa shape index (κ1) is 25.7. The molecule has 1 aliphatic carbocycles. The average molecular weight is 502 g/mol. The first-order valence-corrected chi connectivity index (χ1v) is 13.6. The number of nitrogens with zero attached hydrogens (tertiary/aromatic N) is 2. The number of amides is 1. The molecule has 0 aromatic carbocycles. The molecule has 0 radical (unpaired) electrons. The molecule has 35 heavy (non-hydrogen) atoms. The fraction of sp³-hybridized carbons (Fsp3) is 0.960. The molecule has 0 aromatic rings. The number of carbonyl (C=O) groups excluding carboxylic acids is 1. The Morgan fingerprint density at radius 3 is 2.60 bits per heavy atom. The minimum absolute atomic E-state index is 0.0538. The molecule has 7 nitrogen and oxygen atoms in total. The topological polar surface area (TPSA) is 68.9 Å². The zero-order valence-electron chi connectivity index (χ0n) is 21.0. The molecule has 3 N–H and O–H groups in total. The predicted molar refractivity (Wildman–Crippen MR) is 126 cm³/mol. The third kappa shape index (κ3) is 5.37. The number of hydrogen-bond donors (Lipinski definition) is 3. The third-order valence-electron chi connectivity index (χ3n) is 9.72. The molecular weight excluding hydrogens is 459 g/mol.